The molecule has 6 heteroatoms. The Morgan fingerprint density at radius 3 is 2.31 bits per heavy atom. The third-order valence-corrected chi connectivity index (χ3v) is 5.65. The zero-order valence-corrected chi connectivity index (χ0v) is 19.6. The highest BCUT2D eigenvalue weighted by atomic mass is 79.9. The average molecular weight is 492 g/mol. The summed E-state index contributed by atoms with van der Waals surface area (Å²) in [6.07, 6.45) is 0. The van der Waals surface area contributed by atoms with Gasteiger partial charge in [0, 0.05) is 15.4 Å². The number of para-hydroxylation sites is 1. The Morgan fingerprint density at radius 1 is 0.969 bits per heavy atom. The summed E-state index contributed by atoms with van der Waals surface area (Å²) in [5.74, 6) is 0.0921. The Kier molecular flexibility index (Phi) is 6.15. The normalized spacial score (nSPS) is 10.9. The number of ether oxygens (including phenoxy) is 1. The zero-order chi connectivity index (χ0) is 22.8. The molecule has 0 radical (unpaired) electrons. The van der Waals surface area contributed by atoms with E-state index in [1.807, 2.05) is 51.1 Å². The molecule has 0 unspecified atom stereocenters. The Balaban J connectivity index is 1.61. The molecular weight excluding hydrogens is 470 g/mol. The molecule has 0 spiro atoms. The highest BCUT2D eigenvalue weighted by molar-refractivity contribution is 9.10. The lowest BCUT2D eigenvalue weighted by molar-refractivity contribution is -0.118. The number of carbonyl (C=O) groups is 2. The van der Waals surface area contributed by atoms with Gasteiger partial charge in [-0.25, -0.2) is 0 Å². The number of halogens is 1. The fraction of sp³-hybridized carbons (Fsp3) is 0.154. The first-order chi connectivity index (χ1) is 15.3. The van der Waals surface area contributed by atoms with Crippen molar-refractivity contribution in [3.63, 3.8) is 0 Å². The van der Waals surface area contributed by atoms with Crippen molar-refractivity contribution < 1.29 is 18.7 Å². The van der Waals surface area contributed by atoms with Crippen LogP contribution in [0.4, 0.5) is 5.69 Å². The molecule has 1 N–H and O–H groups in total. The maximum atomic E-state index is 13.1. The lowest BCUT2D eigenvalue weighted by atomic mass is 10.1. The average Bonchev–Trinajstić information content (AvgIpc) is 3.11. The van der Waals surface area contributed by atoms with Crippen LogP contribution in [-0.2, 0) is 4.79 Å². The number of amides is 1. The van der Waals surface area contributed by atoms with Crippen LogP contribution in [0, 0.1) is 20.8 Å². The summed E-state index contributed by atoms with van der Waals surface area (Å²) in [5, 5.41) is 3.48. The number of carbonyl (C=O) groups excluding carboxylic acids is 2. The second-order valence-corrected chi connectivity index (χ2v) is 8.62. The van der Waals surface area contributed by atoms with Gasteiger partial charge in [-0.1, -0.05) is 45.8 Å². The summed E-state index contributed by atoms with van der Waals surface area (Å²) < 4.78 is 12.5. The van der Waals surface area contributed by atoms with Gasteiger partial charge in [0.25, 0.3) is 5.91 Å². The highest BCUT2D eigenvalue weighted by Crippen LogP contribution is 2.33. The molecule has 3 aromatic carbocycles. The van der Waals surface area contributed by atoms with Gasteiger partial charge in [-0.2, -0.15) is 0 Å². The molecule has 162 valence electrons. The molecule has 0 atom stereocenters. The van der Waals surface area contributed by atoms with Crippen LogP contribution < -0.4 is 10.1 Å². The van der Waals surface area contributed by atoms with E-state index >= 15 is 0 Å². The number of hydrogen-bond donors (Lipinski definition) is 1. The van der Waals surface area contributed by atoms with E-state index < -0.39 is 0 Å². The molecule has 32 heavy (non-hydrogen) atoms. The molecule has 0 saturated heterocycles. The maximum absolute atomic E-state index is 13.1. The van der Waals surface area contributed by atoms with Crippen LogP contribution in [-0.4, -0.2) is 18.3 Å². The summed E-state index contributed by atoms with van der Waals surface area (Å²) in [6.45, 7) is 5.73. The molecule has 5 nitrogen and oxygen atoms in total. The number of anilines is 1. The van der Waals surface area contributed by atoms with Gasteiger partial charge < -0.3 is 14.5 Å². The number of rotatable bonds is 6. The summed E-state index contributed by atoms with van der Waals surface area (Å²) in [5.41, 5.74) is 4.40. The third-order valence-electron chi connectivity index (χ3n) is 5.12. The van der Waals surface area contributed by atoms with E-state index in [0.717, 1.165) is 21.2 Å². The molecule has 0 bridgehead atoms. The lowest BCUT2D eigenvalue weighted by Gasteiger charge is -2.13. The van der Waals surface area contributed by atoms with Crippen LogP contribution in [0.25, 0.3) is 11.0 Å². The Labute approximate surface area is 194 Å². The smallest absolute Gasteiger partial charge is 0.262 e. The van der Waals surface area contributed by atoms with E-state index in [1.54, 1.807) is 30.3 Å². The second kappa shape index (κ2) is 9.01. The van der Waals surface area contributed by atoms with Crippen molar-refractivity contribution in [2.45, 2.75) is 20.8 Å². The predicted molar refractivity (Wildman–Crippen MR) is 129 cm³/mol. The van der Waals surface area contributed by atoms with Crippen LogP contribution in [0.5, 0.6) is 5.75 Å². The van der Waals surface area contributed by atoms with Crippen LogP contribution >= 0.6 is 15.9 Å². The monoisotopic (exact) mass is 491 g/mol. The molecule has 1 amide bonds. The van der Waals surface area contributed by atoms with Gasteiger partial charge in [-0.3, -0.25) is 9.59 Å². The van der Waals surface area contributed by atoms with E-state index in [-0.39, 0.29) is 24.1 Å². The molecule has 0 aliphatic heterocycles. The van der Waals surface area contributed by atoms with Crippen molar-refractivity contribution in [2.75, 3.05) is 11.9 Å². The van der Waals surface area contributed by atoms with Gasteiger partial charge in [0.1, 0.15) is 11.3 Å². The van der Waals surface area contributed by atoms with Gasteiger partial charge in [0.05, 0.1) is 5.69 Å². The van der Waals surface area contributed by atoms with Gasteiger partial charge >= 0.3 is 0 Å². The SMILES string of the molecule is Cc1cc(C)c(OCC(=O)Nc2c(C(=O)c3ccc(Br)cc3)oc3ccccc23)c(C)c1. The Bertz CT molecular complexity index is 1300. The van der Waals surface area contributed by atoms with Crippen molar-refractivity contribution in [1.29, 1.82) is 0 Å². The van der Waals surface area contributed by atoms with E-state index in [9.17, 15) is 9.59 Å². The van der Waals surface area contributed by atoms with Gasteiger partial charge in [-0.05, 0) is 68.3 Å². The number of furan rings is 1. The largest absolute Gasteiger partial charge is 0.483 e. The number of ketones is 1. The minimum Gasteiger partial charge on any atom is -0.483 e. The number of fused-ring (bicyclic) bond motifs is 1. The van der Waals surface area contributed by atoms with Crippen molar-refractivity contribution in [2.24, 2.45) is 0 Å². The standard InChI is InChI=1S/C26H22BrNO4/c1-15-12-16(2)25(17(3)13-15)31-14-22(29)28-23-20-6-4-5-7-21(20)32-26(23)24(30)18-8-10-19(27)11-9-18/h4-13H,14H2,1-3H3,(H,28,29). The van der Waals surface area contributed by atoms with Crippen LogP contribution in [0.1, 0.15) is 32.8 Å². The number of nitrogens with one attached hydrogen (secondary N) is 1. The molecular formula is C26H22BrNO4. The first-order valence-corrected chi connectivity index (χ1v) is 10.9. The maximum Gasteiger partial charge on any atom is 0.262 e. The number of hydrogen-bond acceptors (Lipinski definition) is 4. The van der Waals surface area contributed by atoms with E-state index in [1.165, 1.54) is 0 Å². The molecule has 1 aromatic heterocycles. The van der Waals surface area contributed by atoms with Gasteiger partial charge in [0.15, 0.2) is 12.4 Å². The predicted octanol–water partition coefficient (Wildman–Crippen LogP) is 6.37. The van der Waals surface area contributed by atoms with E-state index in [2.05, 4.69) is 21.2 Å². The van der Waals surface area contributed by atoms with E-state index in [4.69, 9.17) is 9.15 Å². The van der Waals surface area contributed by atoms with Crippen LogP contribution in [0.15, 0.2) is 69.6 Å². The molecule has 0 fully saturated rings. The summed E-state index contributed by atoms with van der Waals surface area (Å²) in [7, 11) is 0. The fourth-order valence-corrected chi connectivity index (χ4v) is 4.03. The Morgan fingerprint density at radius 2 is 1.62 bits per heavy atom. The molecule has 0 aliphatic carbocycles. The first-order valence-electron chi connectivity index (χ1n) is 10.2. The summed E-state index contributed by atoms with van der Waals surface area (Å²) >= 11 is 3.37. The van der Waals surface area contributed by atoms with Crippen LogP contribution in [0.2, 0.25) is 0 Å². The molecule has 0 saturated carbocycles. The minimum atomic E-state index is -0.374. The zero-order valence-electron chi connectivity index (χ0n) is 18.0. The molecule has 4 rings (SSSR count). The first kappa shape index (κ1) is 21.8. The van der Waals surface area contributed by atoms with Crippen molar-refractivity contribution >= 4 is 44.3 Å². The number of aryl methyl sites for hydroxylation is 3. The molecule has 1 heterocycles. The fourth-order valence-electron chi connectivity index (χ4n) is 3.77. The summed E-state index contributed by atoms with van der Waals surface area (Å²) in [6, 6.07) is 18.2. The number of benzene rings is 3. The Hall–Kier alpha value is -3.38. The van der Waals surface area contributed by atoms with Gasteiger partial charge in [0.2, 0.25) is 5.78 Å². The quantitative estimate of drug-likeness (QED) is 0.318. The topological polar surface area (TPSA) is 68.5 Å². The van der Waals surface area contributed by atoms with Gasteiger partial charge in [-0.15, -0.1) is 0 Å². The highest BCUT2D eigenvalue weighted by Gasteiger charge is 2.23. The van der Waals surface area contributed by atoms with Crippen molar-refractivity contribution in [3.8, 4) is 5.75 Å². The molecule has 4 aromatic rings. The lowest BCUT2D eigenvalue weighted by Crippen LogP contribution is -2.21. The van der Waals surface area contributed by atoms with Crippen molar-refractivity contribution in [1.82, 2.24) is 0 Å². The minimum absolute atomic E-state index is 0.0876. The summed E-state index contributed by atoms with van der Waals surface area (Å²) in [4.78, 5) is 25.9. The van der Waals surface area contributed by atoms with Crippen LogP contribution in [0.3, 0.4) is 0 Å². The second-order valence-electron chi connectivity index (χ2n) is 7.70. The van der Waals surface area contributed by atoms with E-state index in [0.29, 0.717) is 28.0 Å². The van der Waals surface area contributed by atoms with Crippen molar-refractivity contribution in [3.05, 3.63) is 93.2 Å². The third kappa shape index (κ3) is 4.46. The molecule has 0 aliphatic rings.